The predicted octanol–water partition coefficient (Wildman–Crippen LogP) is 2.44. The fourth-order valence-electron chi connectivity index (χ4n) is 1.75. The number of anilines is 3. The number of aromatic nitrogens is 2. The van der Waals surface area contributed by atoms with Crippen LogP contribution in [0.2, 0.25) is 0 Å². The second-order valence-corrected chi connectivity index (χ2v) is 4.11. The summed E-state index contributed by atoms with van der Waals surface area (Å²) in [6.45, 7) is 4.00. The summed E-state index contributed by atoms with van der Waals surface area (Å²) in [6.07, 6.45) is 1.49. The minimum atomic E-state index is 0.523. The third-order valence-corrected chi connectivity index (χ3v) is 2.80. The largest absolute Gasteiger partial charge is 0.383 e. The first-order chi connectivity index (χ1) is 8.09. The summed E-state index contributed by atoms with van der Waals surface area (Å²) in [4.78, 5) is 10.3. The lowest BCUT2D eigenvalue weighted by atomic mass is 10.2. The van der Waals surface area contributed by atoms with E-state index in [0.717, 1.165) is 17.1 Å². The van der Waals surface area contributed by atoms with Crippen molar-refractivity contribution in [1.29, 1.82) is 0 Å². The van der Waals surface area contributed by atoms with Crippen LogP contribution in [0.15, 0.2) is 30.6 Å². The summed E-state index contributed by atoms with van der Waals surface area (Å²) < 4.78 is 0. The molecule has 2 aromatic rings. The molecule has 17 heavy (non-hydrogen) atoms. The van der Waals surface area contributed by atoms with Gasteiger partial charge in [-0.3, -0.25) is 0 Å². The summed E-state index contributed by atoms with van der Waals surface area (Å²) >= 11 is 0. The predicted molar refractivity (Wildman–Crippen MR) is 70.4 cm³/mol. The summed E-state index contributed by atoms with van der Waals surface area (Å²) in [5.41, 5.74) is 8.99. The SMILES string of the molecule is Cc1cccc(N(C)c2ncnc(N)c2C)c1. The fraction of sp³-hybridized carbons (Fsp3) is 0.231. The van der Waals surface area contributed by atoms with E-state index >= 15 is 0 Å². The zero-order valence-electron chi connectivity index (χ0n) is 10.3. The Morgan fingerprint density at radius 2 is 1.94 bits per heavy atom. The quantitative estimate of drug-likeness (QED) is 0.857. The van der Waals surface area contributed by atoms with Gasteiger partial charge in [-0.1, -0.05) is 12.1 Å². The van der Waals surface area contributed by atoms with E-state index in [-0.39, 0.29) is 0 Å². The van der Waals surface area contributed by atoms with Crippen molar-refractivity contribution in [2.45, 2.75) is 13.8 Å². The van der Waals surface area contributed by atoms with Crippen molar-refractivity contribution in [3.8, 4) is 0 Å². The van der Waals surface area contributed by atoms with Crippen molar-refractivity contribution in [1.82, 2.24) is 9.97 Å². The molecule has 0 bridgehead atoms. The average molecular weight is 228 g/mol. The number of hydrogen-bond acceptors (Lipinski definition) is 4. The Morgan fingerprint density at radius 1 is 1.18 bits per heavy atom. The molecule has 1 heterocycles. The molecule has 0 saturated carbocycles. The normalized spacial score (nSPS) is 10.3. The van der Waals surface area contributed by atoms with Gasteiger partial charge in [-0.05, 0) is 31.5 Å². The molecule has 1 aromatic heterocycles. The summed E-state index contributed by atoms with van der Waals surface area (Å²) in [5.74, 6) is 1.36. The van der Waals surface area contributed by atoms with E-state index in [0.29, 0.717) is 5.82 Å². The highest BCUT2D eigenvalue weighted by Crippen LogP contribution is 2.26. The van der Waals surface area contributed by atoms with Gasteiger partial charge in [0.15, 0.2) is 0 Å². The van der Waals surface area contributed by atoms with Crippen molar-refractivity contribution in [2.24, 2.45) is 0 Å². The Bertz CT molecular complexity index is 537. The van der Waals surface area contributed by atoms with Crippen molar-refractivity contribution < 1.29 is 0 Å². The van der Waals surface area contributed by atoms with Crippen LogP contribution < -0.4 is 10.6 Å². The summed E-state index contributed by atoms with van der Waals surface area (Å²) in [5, 5.41) is 0. The van der Waals surface area contributed by atoms with Gasteiger partial charge < -0.3 is 10.6 Å². The van der Waals surface area contributed by atoms with E-state index in [2.05, 4.69) is 29.0 Å². The van der Waals surface area contributed by atoms with E-state index < -0.39 is 0 Å². The van der Waals surface area contributed by atoms with Gasteiger partial charge in [-0.2, -0.15) is 0 Å². The van der Waals surface area contributed by atoms with Crippen LogP contribution in [-0.4, -0.2) is 17.0 Å². The maximum absolute atomic E-state index is 5.79. The van der Waals surface area contributed by atoms with Crippen LogP contribution in [0.4, 0.5) is 17.3 Å². The van der Waals surface area contributed by atoms with Gasteiger partial charge in [0.1, 0.15) is 18.0 Å². The van der Waals surface area contributed by atoms with Crippen LogP contribution in [0.5, 0.6) is 0 Å². The third kappa shape index (κ3) is 2.20. The van der Waals surface area contributed by atoms with Crippen molar-refractivity contribution in [3.05, 3.63) is 41.7 Å². The van der Waals surface area contributed by atoms with E-state index in [9.17, 15) is 0 Å². The summed E-state index contributed by atoms with van der Waals surface area (Å²) in [7, 11) is 1.98. The van der Waals surface area contributed by atoms with Crippen LogP contribution in [0.25, 0.3) is 0 Å². The zero-order chi connectivity index (χ0) is 12.4. The molecule has 88 valence electrons. The molecule has 0 aliphatic carbocycles. The van der Waals surface area contributed by atoms with Crippen LogP contribution in [-0.2, 0) is 0 Å². The fourth-order valence-corrected chi connectivity index (χ4v) is 1.75. The maximum atomic E-state index is 5.79. The lowest BCUT2D eigenvalue weighted by molar-refractivity contribution is 1.06. The van der Waals surface area contributed by atoms with E-state index in [1.54, 1.807) is 0 Å². The van der Waals surface area contributed by atoms with Crippen molar-refractivity contribution >= 4 is 17.3 Å². The van der Waals surface area contributed by atoms with Crippen molar-refractivity contribution in [2.75, 3.05) is 17.7 Å². The molecule has 4 nitrogen and oxygen atoms in total. The number of aryl methyl sites for hydroxylation is 1. The molecule has 0 fully saturated rings. The molecule has 0 aliphatic heterocycles. The number of hydrogen-bond donors (Lipinski definition) is 1. The Hall–Kier alpha value is -2.10. The molecule has 4 heteroatoms. The Balaban J connectivity index is 2.44. The van der Waals surface area contributed by atoms with Gasteiger partial charge in [0.2, 0.25) is 0 Å². The average Bonchev–Trinajstić information content (AvgIpc) is 2.32. The number of benzene rings is 1. The lowest BCUT2D eigenvalue weighted by Crippen LogP contribution is -2.14. The lowest BCUT2D eigenvalue weighted by Gasteiger charge is -2.20. The molecular formula is C13H16N4. The van der Waals surface area contributed by atoms with Gasteiger partial charge in [-0.15, -0.1) is 0 Å². The molecular weight excluding hydrogens is 212 g/mol. The third-order valence-electron chi connectivity index (χ3n) is 2.80. The summed E-state index contributed by atoms with van der Waals surface area (Å²) in [6, 6.07) is 8.25. The van der Waals surface area contributed by atoms with Gasteiger partial charge in [0.25, 0.3) is 0 Å². The van der Waals surface area contributed by atoms with Crippen molar-refractivity contribution in [3.63, 3.8) is 0 Å². The molecule has 0 spiro atoms. The number of nitrogens with two attached hydrogens (primary N) is 1. The molecule has 0 amide bonds. The van der Waals surface area contributed by atoms with Crippen LogP contribution in [0.1, 0.15) is 11.1 Å². The monoisotopic (exact) mass is 228 g/mol. The highest BCUT2D eigenvalue weighted by atomic mass is 15.2. The Kier molecular flexibility index (Phi) is 2.95. The van der Waals surface area contributed by atoms with Gasteiger partial charge in [0.05, 0.1) is 0 Å². The Morgan fingerprint density at radius 3 is 2.65 bits per heavy atom. The van der Waals surface area contributed by atoms with Gasteiger partial charge >= 0.3 is 0 Å². The molecule has 0 aliphatic rings. The molecule has 0 saturated heterocycles. The topological polar surface area (TPSA) is 55.0 Å². The minimum absolute atomic E-state index is 0.523. The molecule has 0 unspecified atom stereocenters. The highest BCUT2D eigenvalue weighted by Gasteiger charge is 2.10. The first-order valence-corrected chi connectivity index (χ1v) is 5.47. The van der Waals surface area contributed by atoms with Gasteiger partial charge in [0, 0.05) is 18.3 Å². The molecule has 1 aromatic carbocycles. The van der Waals surface area contributed by atoms with E-state index in [1.807, 2.05) is 31.0 Å². The van der Waals surface area contributed by atoms with Crippen LogP contribution in [0, 0.1) is 13.8 Å². The van der Waals surface area contributed by atoms with E-state index in [1.165, 1.54) is 11.9 Å². The number of rotatable bonds is 2. The number of nitrogens with zero attached hydrogens (tertiary/aromatic N) is 3. The smallest absolute Gasteiger partial charge is 0.141 e. The van der Waals surface area contributed by atoms with Gasteiger partial charge in [-0.25, -0.2) is 9.97 Å². The maximum Gasteiger partial charge on any atom is 0.141 e. The van der Waals surface area contributed by atoms with Crippen LogP contribution >= 0.6 is 0 Å². The second-order valence-electron chi connectivity index (χ2n) is 4.11. The van der Waals surface area contributed by atoms with E-state index in [4.69, 9.17) is 5.73 Å². The second kappa shape index (κ2) is 4.41. The molecule has 0 atom stereocenters. The first kappa shape index (κ1) is 11.4. The highest BCUT2D eigenvalue weighted by molar-refractivity contribution is 5.65. The molecule has 2 rings (SSSR count). The molecule has 2 N–H and O–H groups in total. The Labute approximate surface area is 101 Å². The zero-order valence-corrected chi connectivity index (χ0v) is 10.3. The first-order valence-electron chi connectivity index (χ1n) is 5.47. The standard InChI is InChI=1S/C13H16N4/c1-9-5-4-6-11(7-9)17(3)13-10(2)12(14)15-8-16-13/h4-8H,1-3H3,(H2,14,15,16). The van der Waals surface area contributed by atoms with Crippen LogP contribution in [0.3, 0.4) is 0 Å². The molecule has 0 radical (unpaired) electrons. The number of nitrogen functional groups attached to an aromatic ring is 1. The minimum Gasteiger partial charge on any atom is -0.383 e.